The molecule has 2 aromatic rings. The average Bonchev–Trinajstić information content (AvgIpc) is 3.24. The molecule has 4 nitrogen and oxygen atoms in total. The highest BCUT2D eigenvalue weighted by atomic mass is 35.5. The Morgan fingerprint density at radius 2 is 1.64 bits per heavy atom. The Hall–Kier alpha value is -1.38. The topological polar surface area (TPSA) is 58.2 Å². The zero-order valence-electron chi connectivity index (χ0n) is 16.7. The van der Waals surface area contributed by atoms with Crippen molar-refractivity contribution < 1.29 is 22.8 Å². The van der Waals surface area contributed by atoms with Gasteiger partial charge in [-0.25, -0.2) is 0 Å². The van der Waals surface area contributed by atoms with Crippen molar-refractivity contribution in [1.82, 2.24) is 0 Å². The monoisotopic (exact) mass is 560 g/mol. The van der Waals surface area contributed by atoms with E-state index in [2.05, 4.69) is 10.6 Å². The predicted molar refractivity (Wildman–Crippen MR) is 126 cm³/mol. The van der Waals surface area contributed by atoms with Crippen LogP contribution < -0.4 is 10.6 Å². The van der Waals surface area contributed by atoms with Crippen LogP contribution in [0.2, 0.25) is 15.1 Å². The van der Waals surface area contributed by atoms with E-state index in [0.717, 1.165) is 6.92 Å². The zero-order valence-corrected chi connectivity index (χ0v) is 20.5. The normalized spacial score (nSPS) is 20.2. The van der Waals surface area contributed by atoms with E-state index in [9.17, 15) is 22.8 Å². The van der Waals surface area contributed by atoms with E-state index in [-0.39, 0.29) is 16.4 Å². The third-order valence-corrected chi connectivity index (χ3v) is 6.76. The van der Waals surface area contributed by atoms with Gasteiger partial charge in [-0.2, -0.15) is 13.2 Å². The summed E-state index contributed by atoms with van der Waals surface area (Å²) in [6.45, 7) is 1.15. The summed E-state index contributed by atoms with van der Waals surface area (Å²) < 4.78 is 36.2. The number of hydrogen-bond donors (Lipinski definition) is 2. The summed E-state index contributed by atoms with van der Waals surface area (Å²) >= 11 is 30.8. The number of halogens is 8. The molecule has 1 aliphatic rings. The van der Waals surface area contributed by atoms with Gasteiger partial charge in [-0.1, -0.05) is 41.7 Å². The van der Waals surface area contributed by atoms with Crippen LogP contribution >= 0.6 is 58.0 Å². The Morgan fingerprint density at radius 1 is 1.03 bits per heavy atom. The van der Waals surface area contributed by atoms with Crippen molar-refractivity contribution in [3.05, 3.63) is 57.0 Å². The number of nitrogens with one attached hydrogen (secondary N) is 2. The summed E-state index contributed by atoms with van der Waals surface area (Å²) in [5.41, 5.74) is 0.882. The van der Waals surface area contributed by atoms with Crippen molar-refractivity contribution in [2.24, 2.45) is 11.8 Å². The molecule has 1 saturated carbocycles. The molecule has 1 fully saturated rings. The lowest BCUT2D eigenvalue weighted by molar-refractivity contribution is -0.150. The fraction of sp³-hybridized carbons (Fsp3) is 0.333. The number of carbonyl (C=O) groups is 2. The minimum Gasteiger partial charge on any atom is -0.326 e. The second-order valence-corrected chi connectivity index (χ2v) is 10.5. The molecule has 0 saturated heterocycles. The maximum absolute atomic E-state index is 12.8. The second-order valence-electron chi connectivity index (χ2n) is 7.73. The molecule has 0 spiro atoms. The van der Waals surface area contributed by atoms with Gasteiger partial charge in [-0.15, -0.1) is 23.2 Å². The summed E-state index contributed by atoms with van der Waals surface area (Å²) in [7, 11) is 0. The van der Waals surface area contributed by atoms with Crippen molar-refractivity contribution in [1.29, 1.82) is 0 Å². The van der Waals surface area contributed by atoms with Crippen LogP contribution in [0.3, 0.4) is 0 Å². The van der Waals surface area contributed by atoms with Crippen molar-refractivity contribution in [3.8, 4) is 0 Å². The fourth-order valence-corrected chi connectivity index (χ4v) is 4.97. The van der Waals surface area contributed by atoms with Crippen LogP contribution in [0.5, 0.6) is 0 Å². The number of amides is 2. The molecule has 0 bridgehead atoms. The Labute approximate surface area is 212 Å². The molecule has 0 aromatic heterocycles. The molecule has 2 amide bonds. The number of rotatable bonds is 6. The summed E-state index contributed by atoms with van der Waals surface area (Å²) in [4.78, 5) is 25.0. The van der Waals surface area contributed by atoms with Gasteiger partial charge in [0, 0.05) is 27.6 Å². The first kappa shape index (κ1) is 26.2. The Morgan fingerprint density at radius 3 is 2.21 bits per heavy atom. The highest BCUT2D eigenvalue weighted by molar-refractivity contribution is 6.53. The standard InChI is InChI=1S/C21H16Cl5F3N2O2/c1-9(8-20(27,28)29)18(32)31-15-7-13(2-3-14(15)24)30-19(33)17-16(21(17,25)26)10-4-11(22)6-12(23)5-10/h2-7,9,16-17H,8H2,1H3,(H,30,33)(H,31,32)/t9-,16+,17-/m1/s1. The van der Waals surface area contributed by atoms with E-state index in [4.69, 9.17) is 58.0 Å². The first-order chi connectivity index (χ1) is 15.2. The molecule has 12 heteroatoms. The number of anilines is 2. The van der Waals surface area contributed by atoms with Gasteiger partial charge in [0.1, 0.15) is 4.33 Å². The maximum atomic E-state index is 12.8. The Kier molecular flexibility index (Phi) is 7.71. The highest BCUT2D eigenvalue weighted by Gasteiger charge is 2.67. The Bertz CT molecular complexity index is 1070. The lowest BCUT2D eigenvalue weighted by Gasteiger charge is -2.15. The minimum atomic E-state index is -4.49. The van der Waals surface area contributed by atoms with Gasteiger partial charge in [-0.05, 0) is 42.0 Å². The van der Waals surface area contributed by atoms with E-state index in [1.54, 1.807) is 12.1 Å². The third-order valence-electron chi connectivity index (χ3n) is 5.06. The zero-order chi connectivity index (χ0) is 24.7. The van der Waals surface area contributed by atoms with Gasteiger partial charge in [0.25, 0.3) is 0 Å². The van der Waals surface area contributed by atoms with Gasteiger partial charge >= 0.3 is 6.18 Å². The van der Waals surface area contributed by atoms with Gasteiger partial charge in [-0.3, -0.25) is 9.59 Å². The summed E-state index contributed by atoms with van der Waals surface area (Å²) in [6, 6.07) is 8.94. The number of carbonyl (C=O) groups excluding carboxylic acids is 2. The van der Waals surface area contributed by atoms with Crippen LogP contribution in [0.4, 0.5) is 24.5 Å². The summed E-state index contributed by atoms with van der Waals surface area (Å²) in [5, 5.41) is 5.80. The number of benzene rings is 2. The summed E-state index contributed by atoms with van der Waals surface area (Å²) in [5.74, 6) is -4.09. The van der Waals surface area contributed by atoms with Crippen LogP contribution in [-0.4, -0.2) is 22.3 Å². The molecule has 1 aliphatic carbocycles. The largest absolute Gasteiger partial charge is 0.389 e. The molecule has 2 N–H and O–H groups in total. The van der Waals surface area contributed by atoms with Crippen molar-refractivity contribution >= 4 is 81.2 Å². The second kappa shape index (κ2) is 9.70. The molecule has 0 aliphatic heterocycles. The molecule has 3 rings (SSSR count). The van der Waals surface area contributed by atoms with E-state index in [1.807, 2.05) is 0 Å². The average molecular weight is 563 g/mol. The SMILES string of the molecule is C[C@H](CC(F)(F)F)C(=O)Nc1cc(NC(=O)[C@H]2[C@H](c3cc(Cl)cc(Cl)c3)C2(Cl)Cl)ccc1Cl. The third kappa shape index (κ3) is 6.40. The number of hydrogen-bond acceptors (Lipinski definition) is 2. The molecular weight excluding hydrogens is 547 g/mol. The molecule has 0 unspecified atom stereocenters. The van der Waals surface area contributed by atoms with Crippen molar-refractivity contribution in [2.75, 3.05) is 10.6 Å². The van der Waals surface area contributed by atoms with E-state index >= 15 is 0 Å². The van der Waals surface area contributed by atoms with E-state index < -0.39 is 46.5 Å². The molecule has 178 valence electrons. The Balaban J connectivity index is 1.72. The van der Waals surface area contributed by atoms with Gasteiger partial charge in [0.05, 0.1) is 23.0 Å². The number of alkyl halides is 5. The van der Waals surface area contributed by atoms with Crippen LogP contribution in [0, 0.1) is 11.8 Å². The molecule has 33 heavy (non-hydrogen) atoms. The first-order valence-corrected chi connectivity index (χ1v) is 11.4. The molecule has 3 atom stereocenters. The van der Waals surface area contributed by atoms with Gasteiger partial charge in [0.15, 0.2) is 0 Å². The van der Waals surface area contributed by atoms with Crippen molar-refractivity contribution in [2.45, 2.75) is 29.8 Å². The van der Waals surface area contributed by atoms with Crippen LogP contribution in [0.25, 0.3) is 0 Å². The lowest BCUT2D eigenvalue weighted by atomic mass is 10.1. The quantitative estimate of drug-likeness (QED) is 0.355. The molecular formula is C21H16Cl5F3N2O2. The molecule has 0 radical (unpaired) electrons. The van der Waals surface area contributed by atoms with Gasteiger partial charge in [0.2, 0.25) is 11.8 Å². The molecule has 0 heterocycles. The lowest BCUT2D eigenvalue weighted by Crippen LogP contribution is -2.25. The predicted octanol–water partition coefficient (Wildman–Crippen LogP) is 7.70. The van der Waals surface area contributed by atoms with Crippen molar-refractivity contribution in [3.63, 3.8) is 0 Å². The van der Waals surface area contributed by atoms with E-state index in [1.165, 1.54) is 24.3 Å². The van der Waals surface area contributed by atoms with Gasteiger partial charge < -0.3 is 10.6 Å². The van der Waals surface area contributed by atoms with Crippen LogP contribution in [0.1, 0.15) is 24.8 Å². The maximum Gasteiger partial charge on any atom is 0.389 e. The smallest absolute Gasteiger partial charge is 0.326 e. The molecule has 2 aromatic carbocycles. The first-order valence-electron chi connectivity index (χ1n) is 9.51. The minimum absolute atomic E-state index is 0.0467. The van der Waals surface area contributed by atoms with Crippen LogP contribution in [0.15, 0.2) is 36.4 Å². The summed E-state index contributed by atoms with van der Waals surface area (Å²) in [6.07, 6.45) is -5.77. The van der Waals surface area contributed by atoms with E-state index in [0.29, 0.717) is 15.6 Å². The fourth-order valence-electron chi connectivity index (χ4n) is 3.44. The van der Waals surface area contributed by atoms with Crippen LogP contribution in [-0.2, 0) is 9.59 Å². The highest BCUT2D eigenvalue weighted by Crippen LogP contribution is 2.65.